The molecule has 42 nitrogen and oxygen atoms in total. The lowest BCUT2D eigenvalue weighted by atomic mass is 10.1. The Hall–Kier alpha value is -16.6. The number of aryl methyl sites for hydroxylation is 4. The quantitative estimate of drug-likeness (QED) is 0.00858. The van der Waals surface area contributed by atoms with Gasteiger partial charge in [0.15, 0.2) is 0 Å². The molecule has 0 saturated heterocycles. The normalized spacial score (nSPS) is 10.9. The van der Waals surface area contributed by atoms with Gasteiger partial charge in [-0.15, -0.1) is 0 Å². The Morgan fingerprint density at radius 1 is 0.415 bits per heavy atom. The van der Waals surface area contributed by atoms with Crippen molar-refractivity contribution in [2.75, 3.05) is 152 Å². The molecule has 8 aromatic heterocycles. The molecule has 8 aromatic carbocycles. The minimum atomic E-state index is -0.987. The second-order valence-electron chi connectivity index (χ2n) is 33.3. The summed E-state index contributed by atoms with van der Waals surface area (Å²) in [5, 5.41) is 36.0. The number of imidazole rings is 4. The van der Waals surface area contributed by atoms with Crippen molar-refractivity contribution in [3.8, 4) is 46.3 Å². The largest absolute Gasteiger partial charge is 0.496 e. The van der Waals surface area contributed by atoms with Gasteiger partial charge in [-0.3, -0.25) is 53.4 Å². The van der Waals surface area contributed by atoms with Crippen molar-refractivity contribution in [1.29, 1.82) is 0 Å². The van der Waals surface area contributed by atoms with Crippen molar-refractivity contribution in [3.63, 3.8) is 0 Å². The van der Waals surface area contributed by atoms with E-state index in [1.807, 2.05) is 196 Å². The van der Waals surface area contributed by atoms with E-state index in [1.54, 1.807) is 81.8 Å². The number of nitro groups is 3. The van der Waals surface area contributed by atoms with Crippen LogP contribution in [0.4, 0.5) is 48.6 Å². The first kappa shape index (κ1) is 112. The van der Waals surface area contributed by atoms with Crippen LogP contribution in [0.15, 0.2) is 226 Å². The fourth-order valence-corrected chi connectivity index (χ4v) is 15.7. The number of hydrogen-bond donors (Lipinski definition) is 3. The lowest BCUT2D eigenvalue weighted by Gasteiger charge is -2.24. The highest BCUT2D eigenvalue weighted by atomic mass is 35.5. The highest BCUT2D eigenvalue weighted by Gasteiger charge is 2.28. The second kappa shape index (κ2) is 52.6. The van der Waals surface area contributed by atoms with Crippen LogP contribution < -0.4 is 68.3 Å². The number of aromatic nitrogens is 16. The Morgan fingerprint density at radius 3 is 1.01 bits per heavy atom. The Bertz CT molecular complexity index is 7630. The van der Waals surface area contributed by atoms with Crippen LogP contribution >= 0.6 is 23.2 Å². The number of carbonyl (C=O) groups is 1. The van der Waals surface area contributed by atoms with Crippen molar-refractivity contribution in [3.05, 3.63) is 331 Å². The molecule has 0 aliphatic rings. The maximum Gasteiger partial charge on any atom is 0.334 e. The van der Waals surface area contributed by atoms with Crippen molar-refractivity contribution < 1.29 is 47.3 Å². The molecule has 16 rings (SSSR count). The molecule has 0 bridgehead atoms. The topological polar surface area (TPSA) is 475 Å². The van der Waals surface area contributed by atoms with Crippen molar-refractivity contribution >= 4 is 112 Å². The van der Waals surface area contributed by atoms with E-state index in [2.05, 4.69) is 80.3 Å². The average Bonchev–Trinajstić information content (AvgIpc) is 1.62. The molecule has 0 fully saturated rings. The van der Waals surface area contributed by atoms with Gasteiger partial charge in [0.05, 0.1) is 104 Å². The summed E-state index contributed by atoms with van der Waals surface area (Å²) in [7, 11) is 23.8. The molecule has 774 valence electrons. The average molecular weight is 2060 g/mol. The van der Waals surface area contributed by atoms with E-state index in [0.717, 1.165) is 119 Å². The van der Waals surface area contributed by atoms with E-state index in [-0.39, 0.29) is 68.7 Å². The fraction of sp³-hybridized carbons (Fsp3) is 0.297. The van der Waals surface area contributed by atoms with Crippen LogP contribution in [-0.4, -0.2) is 242 Å². The van der Waals surface area contributed by atoms with E-state index in [4.69, 9.17) is 53.9 Å². The number of methoxy groups -OCH3 is 4. The number of nitrogens with zero attached hydrogens (tertiary/aromatic N) is 24. The Labute approximate surface area is 854 Å². The number of rotatable bonds is 33. The molecule has 0 amide bonds. The van der Waals surface area contributed by atoms with E-state index in [0.29, 0.717) is 114 Å². The van der Waals surface area contributed by atoms with Crippen molar-refractivity contribution in [2.45, 2.75) is 73.1 Å². The summed E-state index contributed by atoms with van der Waals surface area (Å²) in [6, 6.07) is 48.0. The number of halogens is 4. The van der Waals surface area contributed by atoms with Gasteiger partial charge in [-0.25, -0.2) is 72.3 Å². The fourth-order valence-electron chi connectivity index (χ4n) is 15.6. The lowest BCUT2D eigenvalue weighted by molar-refractivity contribution is -0.387. The molecule has 147 heavy (non-hydrogen) atoms. The zero-order valence-electron chi connectivity index (χ0n) is 84.5. The molecule has 0 unspecified atom stereocenters. The number of fused-ring (bicyclic) bond motifs is 4. The molecule has 5 N–H and O–H groups in total. The van der Waals surface area contributed by atoms with Crippen molar-refractivity contribution in [1.82, 2.24) is 96.4 Å². The summed E-state index contributed by atoms with van der Waals surface area (Å²) in [6.45, 7) is 18.3. The third-order valence-corrected chi connectivity index (χ3v) is 23.2. The van der Waals surface area contributed by atoms with Gasteiger partial charge >= 0.3 is 34.1 Å². The van der Waals surface area contributed by atoms with Crippen LogP contribution in [-0.2, 0) is 50.2 Å². The number of hydrogen-bond acceptors (Lipinski definition) is 31. The number of allylic oxidation sites excluding steroid dienone is 1. The summed E-state index contributed by atoms with van der Waals surface area (Å²) in [6.07, 6.45) is 8.03. The molecule has 0 radical (unpaired) electrons. The molecule has 0 spiro atoms. The summed E-state index contributed by atoms with van der Waals surface area (Å²) in [5.74, 6) is 2.63. The van der Waals surface area contributed by atoms with Gasteiger partial charge in [-0.1, -0.05) is 55.1 Å². The highest BCUT2D eigenvalue weighted by molar-refractivity contribution is 6.66. The van der Waals surface area contributed by atoms with Gasteiger partial charge in [-0.2, -0.15) is 13.8 Å². The van der Waals surface area contributed by atoms with E-state index < -0.39 is 38.1 Å². The number of benzene rings is 8. The summed E-state index contributed by atoms with van der Waals surface area (Å²) in [4.78, 5) is 138. The lowest BCUT2D eigenvalue weighted by Crippen LogP contribution is -2.29. The molecule has 0 atom stereocenters. The molecule has 46 heteroatoms. The van der Waals surface area contributed by atoms with Gasteiger partial charge < -0.3 is 60.2 Å². The first-order valence-electron chi connectivity index (χ1n) is 46.0. The molecular formula is C101H117Cl2F2N27O15. The van der Waals surface area contributed by atoms with Gasteiger partial charge in [-0.05, 0) is 179 Å². The summed E-state index contributed by atoms with van der Waals surface area (Å²) < 4.78 is 61.0. The number of nitrogens with two attached hydrogens (primary N) is 2. The maximum absolute atomic E-state index is 13.9. The Morgan fingerprint density at radius 2 is 0.707 bits per heavy atom. The second-order valence-corrected chi connectivity index (χ2v) is 34.0. The van der Waals surface area contributed by atoms with Crippen LogP contribution in [0.5, 0.6) is 23.0 Å². The predicted molar refractivity (Wildman–Crippen MR) is 566 cm³/mol. The molecule has 0 saturated carbocycles. The molecular weight excluding hydrogens is 1940 g/mol. The van der Waals surface area contributed by atoms with Crippen molar-refractivity contribution in [2.24, 2.45) is 0 Å². The SMILES string of the molecule is C=CC(=O)Cl.CCn1c(=O)n(-c2ccnc(Cc3cc(N)c(N(C)CCN(C)C)cc3OC)n2)c2ccccc21.CCn1c(=O)n(-c2ccnc(Cc3cc([N+](=O)[O-])c(F)cc3OC)n2)c2ccccc21.CCn1c(=O)n(-c2ccnc(Cc3cc([N+](=O)[O-])c(N(C)CCN(C)C)cc3OC)n2)c2ccccc21.CCn1c(=O)n(-c2ccnc(Cl)n2)c2ccccc21.CNCCN(C)C.COc1cc(F)c([N+](=O)[O-])cc1N. The van der Waals surface area contributed by atoms with Crippen LogP contribution in [0.25, 0.3) is 67.4 Å². The highest BCUT2D eigenvalue weighted by Crippen LogP contribution is 2.38. The number of nitro benzene ring substituents is 3. The van der Waals surface area contributed by atoms with Gasteiger partial charge in [0.25, 0.3) is 5.69 Å². The standard InChI is InChI=1S/C26H31N7O4.C26H33N7O2.C21H18FN5O4.C13H11ClN4O.C7H7FN2O3.C5H14N2.C3H3ClO/c1-6-31-19-9-7-8-10-20(19)32(26(31)34)25-11-12-27-24(28-25)16-18-15-22(33(35)36)21(17-23(18)37-5)30(4)14-13-29(2)3;1-6-32-20-9-7-8-10-21(20)33(26(32)34)25-11-12-28-24(29-25)16-18-15-19(27)22(17-23(18)35-5)31(4)14-13-30(2)3;1-3-25-15-6-4-5-7-16(15)26(21(25)28)20-8-9-23-19(24-20)11-13-10-17(27(29)30)14(22)12-18(13)31-2;1-2-17-9-5-3-4-6-10(9)18(13(17)19)11-7-8-15-12(14)16-11;1-13-7-2-4(8)6(10(11)12)3-5(7)9;1-6-4-5-7(2)3;1-2-3(4)5/h7-12,15,17H,6,13-14,16H2,1-5H3;7-12,15,17H,6,13-14,16,27H2,1-5H3;4-10,12H,3,11H2,1-2H3;3-8H,2H2,1H3;2-3H,9H2,1H3;6H,4-5H2,1-3H3;2H,1H2. The molecule has 0 aliphatic heterocycles. The van der Waals surface area contributed by atoms with Crippen LogP contribution in [0.3, 0.4) is 0 Å². The number of likely N-dealkylation sites (N-methyl/N-ethyl adjacent to an activating group) is 6. The molecule has 8 heterocycles. The summed E-state index contributed by atoms with van der Waals surface area (Å²) in [5.41, 5.74) is 20.1. The molecule has 16 aromatic rings. The molecule has 0 aliphatic carbocycles. The maximum atomic E-state index is 13.9. The van der Waals surface area contributed by atoms with Gasteiger partial charge in [0.2, 0.25) is 22.2 Å². The van der Waals surface area contributed by atoms with Crippen LogP contribution in [0, 0.1) is 42.0 Å². The number of nitrogens with one attached hydrogen (secondary N) is 1. The minimum Gasteiger partial charge on any atom is -0.496 e. The number of carbonyl (C=O) groups excluding carboxylic acids is 1. The van der Waals surface area contributed by atoms with Crippen LogP contribution in [0.1, 0.15) is 61.9 Å². The number of ether oxygens (including phenoxy) is 4. The zero-order chi connectivity index (χ0) is 107. The third kappa shape index (κ3) is 27.7. The number of anilines is 4. The predicted octanol–water partition coefficient (Wildman–Crippen LogP) is 13.4. The minimum absolute atomic E-state index is 0.0181. The zero-order valence-corrected chi connectivity index (χ0v) is 86.0. The number of nitrogen functional groups attached to an aromatic ring is 2. The van der Waals surface area contributed by atoms with E-state index in [9.17, 15) is 63.1 Å². The van der Waals surface area contributed by atoms with Gasteiger partial charge in [0, 0.05) is 189 Å². The summed E-state index contributed by atoms with van der Waals surface area (Å²) >= 11 is 10.5. The van der Waals surface area contributed by atoms with E-state index in [1.165, 1.54) is 44.4 Å². The third-order valence-electron chi connectivity index (χ3n) is 22.9. The Kier molecular flexibility index (Phi) is 40.2. The van der Waals surface area contributed by atoms with Crippen LogP contribution in [0.2, 0.25) is 5.28 Å². The smallest absolute Gasteiger partial charge is 0.334 e. The van der Waals surface area contributed by atoms with Gasteiger partial charge in [0.1, 0.15) is 69.4 Å². The number of para-hydroxylation sites is 8. The first-order valence-corrected chi connectivity index (χ1v) is 46.8. The monoisotopic (exact) mass is 2060 g/mol. The first-order chi connectivity index (χ1) is 70.3. The van der Waals surface area contributed by atoms with E-state index >= 15 is 0 Å². The Balaban J connectivity index is 0.000000188.